The molecule has 8 nitrogen and oxygen atoms in total. The van der Waals surface area contributed by atoms with Crippen molar-refractivity contribution >= 4 is 38.0 Å². The Balaban J connectivity index is 1.82. The Bertz CT molecular complexity index is 1340. The van der Waals surface area contributed by atoms with Crippen molar-refractivity contribution in [1.29, 1.82) is 0 Å². The molecule has 0 saturated heterocycles. The van der Waals surface area contributed by atoms with Crippen LogP contribution >= 0.6 is 11.6 Å². The van der Waals surface area contributed by atoms with E-state index in [0.29, 0.717) is 5.56 Å². The molecule has 0 aromatic heterocycles. The number of rotatable bonds is 8. The monoisotopic (exact) mass is 494 g/mol. The van der Waals surface area contributed by atoms with Gasteiger partial charge in [-0.2, -0.15) is 21.9 Å². The highest BCUT2D eigenvalue weighted by Gasteiger charge is 2.22. The second-order valence-electron chi connectivity index (χ2n) is 6.55. The van der Waals surface area contributed by atoms with Crippen LogP contribution in [0.15, 0.2) is 81.6 Å². The number of hydrazone groups is 1. The van der Waals surface area contributed by atoms with Crippen molar-refractivity contribution in [2.45, 2.75) is 16.7 Å². The van der Waals surface area contributed by atoms with Gasteiger partial charge in [0, 0.05) is 0 Å². The molecule has 0 aliphatic carbocycles. The number of benzene rings is 3. The zero-order valence-electron chi connectivity index (χ0n) is 17.0. The van der Waals surface area contributed by atoms with E-state index in [1.807, 2.05) is 6.92 Å². The summed E-state index contributed by atoms with van der Waals surface area (Å²) >= 11 is 6.22. The fourth-order valence-corrected chi connectivity index (χ4v) is 4.65. The van der Waals surface area contributed by atoms with Crippen molar-refractivity contribution < 1.29 is 25.8 Å². The van der Waals surface area contributed by atoms with Gasteiger partial charge in [0.1, 0.15) is 4.90 Å². The smallest absolute Gasteiger partial charge is 0.339 e. The summed E-state index contributed by atoms with van der Waals surface area (Å²) in [6, 6.07) is 16.6. The highest BCUT2D eigenvalue weighted by Crippen LogP contribution is 2.38. The molecule has 3 aromatic rings. The SMILES string of the molecule is COc1cc(C=NNS(=O)(=O)c2ccc(C)cc2)cc(Cl)c1OS(=O)(=O)c1ccccc1. The van der Waals surface area contributed by atoms with Gasteiger partial charge >= 0.3 is 10.1 Å². The third kappa shape index (κ3) is 5.58. The van der Waals surface area contributed by atoms with E-state index < -0.39 is 20.1 Å². The molecule has 11 heteroatoms. The molecule has 0 spiro atoms. The quantitative estimate of drug-likeness (QED) is 0.290. The predicted molar refractivity (Wildman–Crippen MR) is 121 cm³/mol. The van der Waals surface area contributed by atoms with Crippen molar-refractivity contribution in [3.05, 3.63) is 82.9 Å². The molecular weight excluding hydrogens is 476 g/mol. The largest absolute Gasteiger partial charge is 0.493 e. The molecule has 1 N–H and O–H groups in total. The number of aryl methyl sites for hydroxylation is 1. The Morgan fingerprint density at radius 1 is 0.938 bits per heavy atom. The zero-order valence-corrected chi connectivity index (χ0v) is 19.4. The van der Waals surface area contributed by atoms with Crippen LogP contribution in [-0.4, -0.2) is 30.2 Å². The lowest BCUT2D eigenvalue weighted by Crippen LogP contribution is -2.18. The lowest BCUT2D eigenvalue weighted by molar-refractivity contribution is 0.390. The number of sulfonamides is 1. The van der Waals surface area contributed by atoms with Gasteiger partial charge in [-0.25, -0.2) is 4.83 Å². The molecule has 0 radical (unpaired) electrons. The van der Waals surface area contributed by atoms with Crippen LogP contribution in [-0.2, 0) is 20.1 Å². The highest BCUT2D eigenvalue weighted by atomic mass is 35.5. The maximum atomic E-state index is 12.5. The molecule has 0 fully saturated rings. The van der Waals surface area contributed by atoms with Crippen LogP contribution in [0.4, 0.5) is 0 Å². The standard InChI is InChI=1S/C21H19ClN2O6S2/c1-15-8-10-17(11-9-15)31(25,26)24-23-14-16-12-19(22)21(20(13-16)29-2)30-32(27,28)18-6-4-3-5-7-18/h3-14,24H,1-2H3. The number of halogens is 1. The number of ether oxygens (including phenoxy) is 1. The van der Waals surface area contributed by atoms with E-state index >= 15 is 0 Å². The van der Waals surface area contributed by atoms with Gasteiger partial charge in [-0.1, -0.05) is 47.5 Å². The van der Waals surface area contributed by atoms with Gasteiger partial charge < -0.3 is 8.92 Å². The Morgan fingerprint density at radius 3 is 2.22 bits per heavy atom. The molecule has 0 aliphatic heterocycles. The van der Waals surface area contributed by atoms with Gasteiger partial charge in [0.2, 0.25) is 5.75 Å². The fourth-order valence-electron chi connectivity index (χ4n) is 2.58. The third-order valence-corrected chi connectivity index (χ3v) is 6.95. The van der Waals surface area contributed by atoms with Crippen LogP contribution in [0.2, 0.25) is 5.02 Å². The molecule has 0 heterocycles. The molecule has 0 aliphatic rings. The summed E-state index contributed by atoms with van der Waals surface area (Å²) in [6.45, 7) is 1.84. The number of methoxy groups -OCH3 is 1. The Kier molecular flexibility index (Phi) is 7.07. The van der Waals surface area contributed by atoms with Gasteiger partial charge in [-0.05, 0) is 48.9 Å². The summed E-state index contributed by atoms with van der Waals surface area (Å²) in [5.74, 6) is -0.171. The van der Waals surface area contributed by atoms with E-state index in [0.717, 1.165) is 5.56 Å². The van der Waals surface area contributed by atoms with E-state index in [9.17, 15) is 16.8 Å². The number of nitrogens with one attached hydrogen (secondary N) is 1. The van der Waals surface area contributed by atoms with Crippen LogP contribution in [0, 0.1) is 6.92 Å². The second-order valence-corrected chi connectivity index (χ2v) is 10.2. The topological polar surface area (TPSA) is 111 Å². The summed E-state index contributed by atoms with van der Waals surface area (Å²) < 4.78 is 60.0. The van der Waals surface area contributed by atoms with Gasteiger partial charge in [0.05, 0.1) is 23.2 Å². The van der Waals surface area contributed by atoms with Crippen LogP contribution in [0.25, 0.3) is 0 Å². The normalized spacial score (nSPS) is 12.0. The molecule has 0 amide bonds. The zero-order chi connectivity index (χ0) is 23.4. The molecule has 0 bridgehead atoms. The summed E-state index contributed by atoms with van der Waals surface area (Å²) in [7, 11) is -6.68. The van der Waals surface area contributed by atoms with Gasteiger partial charge in [-0.15, -0.1) is 0 Å². The predicted octanol–water partition coefficient (Wildman–Crippen LogP) is 3.74. The number of hydrogen-bond acceptors (Lipinski definition) is 7. The van der Waals surface area contributed by atoms with Crippen LogP contribution < -0.4 is 13.8 Å². The van der Waals surface area contributed by atoms with Crippen molar-refractivity contribution in [2.75, 3.05) is 7.11 Å². The van der Waals surface area contributed by atoms with Crippen LogP contribution in [0.3, 0.4) is 0 Å². The minimum Gasteiger partial charge on any atom is -0.493 e. The maximum absolute atomic E-state index is 12.5. The van der Waals surface area contributed by atoms with Gasteiger partial charge in [-0.3, -0.25) is 0 Å². The Labute approximate surface area is 191 Å². The fraction of sp³-hybridized carbons (Fsp3) is 0.0952. The summed E-state index contributed by atoms with van der Waals surface area (Å²) in [5.41, 5.74) is 1.27. The first-order valence-electron chi connectivity index (χ1n) is 9.11. The summed E-state index contributed by atoms with van der Waals surface area (Å²) in [6.07, 6.45) is 1.20. The first kappa shape index (κ1) is 23.6. The molecule has 0 unspecified atom stereocenters. The highest BCUT2D eigenvalue weighted by molar-refractivity contribution is 7.89. The van der Waals surface area contributed by atoms with E-state index in [-0.39, 0.29) is 26.3 Å². The lowest BCUT2D eigenvalue weighted by atomic mass is 10.2. The molecule has 3 aromatic carbocycles. The number of hydrogen-bond donors (Lipinski definition) is 1. The molecule has 0 saturated carbocycles. The second kappa shape index (κ2) is 9.60. The van der Waals surface area contributed by atoms with Crippen LogP contribution in [0.5, 0.6) is 11.5 Å². The molecule has 0 atom stereocenters. The van der Waals surface area contributed by atoms with Gasteiger partial charge in [0.15, 0.2) is 5.75 Å². The molecule has 3 rings (SSSR count). The van der Waals surface area contributed by atoms with Crippen LogP contribution in [0.1, 0.15) is 11.1 Å². The van der Waals surface area contributed by atoms with E-state index in [1.54, 1.807) is 30.3 Å². The van der Waals surface area contributed by atoms with E-state index in [1.165, 1.54) is 49.7 Å². The first-order chi connectivity index (χ1) is 15.1. The molecule has 168 valence electrons. The first-order valence-corrected chi connectivity index (χ1v) is 12.4. The Hall–Kier alpha value is -3.08. The van der Waals surface area contributed by atoms with E-state index in [2.05, 4.69) is 9.93 Å². The number of nitrogens with zero attached hydrogens (tertiary/aromatic N) is 1. The van der Waals surface area contributed by atoms with Crippen molar-refractivity contribution in [3.63, 3.8) is 0 Å². The lowest BCUT2D eigenvalue weighted by Gasteiger charge is -2.13. The third-order valence-electron chi connectivity index (χ3n) is 4.19. The van der Waals surface area contributed by atoms with Crippen molar-refractivity contribution in [3.8, 4) is 11.5 Å². The van der Waals surface area contributed by atoms with Crippen molar-refractivity contribution in [1.82, 2.24) is 4.83 Å². The molecule has 32 heavy (non-hydrogen) atoms. The summed E-state index contributed by atoms with van der Waals surface area (Å²) in [5, 5.41) is 3.68. The van der Waals surface area contributed by atoms with E-state index in [4.69, 9.17) is 20.5 Å². The Morgan fingerprint density at radius 2 is 1.59 bits per heavy atom. The maximum Gasteiger partial charge on any atom is 0.339 e. The van der Waals surface area contributed by atoms with Gasteiger partial charge in [0.25, 0.3) is 10.0 Å². The minimum absolute atomic E-state index is 0.0276. The molecular formula is C21H19ClN2O6S2. The minimum atomic E-state index is -4.14. The average Bonchev–Trinajstić information content (AvgIpc) is 2.76. The van der Waals surface area contributed by atoms with Crippen molar-refractivity contribution in [2.24, 2.45) is 5.10 Å². The average molecular weight is 495 g/mol. The summed E-state index contributed by atoms with van der Waals surface area (Å²) in [4.78, 5) is 2.12.